The first kappa shape index (κ1) is 23.3. The minimum Gasteiger partial charge on any atom is -0.438 e. The van der Waals surface area contributed by atoms with Gasteiger partial charge in [0.1, 0.15) is 17.9 Å². The average molecular weight is 463 g/mol. The minimum atomic E-state index is -0.286. The van der Waals surface area contributed by atoms with E-state index in [4.69, 9.17) is 9.15 Å². The Hall–Kier alpha value is -3.91. The summed E-state index contributed by atoms with van der Waals surface area (Å²) < 4.78 is 24.3. The lowest BCUT2D eigenvalue weighted by molar-refractivity contribution is 0.0968. The van der Waals surface area contributed by atoms with Gasteiger partial charge in [0.2, 0.25) is 5.71 Å². The topological polar surface area (TPSA) is 76.8 Å². The maximum absolute atomic E-state index is 13.3. The van der Waals surface area contributed by atoms with E-state index in [1.807, 2.05) is 36.4 Å². The Kier molecular flexibility index (Phi) is 7.39. The molecule has 0 unspecified atom stereocenters. The van der Waals surface area contributed by atoms with Gasteiger partial charge < -0.3 is 9.15 Å². The van der Waals surface area contributed by atoms with Gasteiger partial charge in [-0.25, -0.2) is 14.4 Å². The molecule has 3 aromatic heterocycles. The van der Waals surface area contributed by atoms with Crippen LogP contribution in [0.2, 0.25) is 0 Å². The highest BCUT2D eigenvalue weighted by Crippen LogP contribution is 2.35. The summed E-state index contributed by atoms with van der Waals surface area (Å²) >= 11 is 0. The second-order valence-corrected chi connectivity index (χ2v) is 7.76. The van der Waals surface area contributed by atoms with Crippen molar-refractivity contribution in [2.75, 3.05) is 13.2 Å². The van der Waals surface area contributed by atoms with Crippen molar-refractivity contribution < 1.29 is 18.2 Å². The molecular weight excluding hydrogens is 438 g/mol. The summed E-state index contributed by atoms with van der Waals surface area (Å²) in [6.45, 7) is 2.00. The summed E-state index contributed by atoms with van der Waals surface area (Å²) in [5.41, 5.74) is 4.56. The first-order valence-corrected chi connectivity index (χ1v) is 11.0. The SMILES string of the molecule is C1CCOCC1.F.Fc1ccc(-c2[nH]ncc2-c2ncnc3oc(-c4ccccc4)cc23)cc1. The van der Waals surface area contributed by atoms with E-state index >= 15 is 0 Å². The number of rotatable bonds is 3. The predicted molar refractivity (Wildman–Crippen MR) is 127 cm³/mol. The maximum Gasteiger partial charge on any atom is 0.230 e. The van der Waals surface area contributed by atoms with Crippen LogP contribution in [-0.4, -0.2) is 33.4 Å². The van der Waals surface area contributed by atoms with Gasteiger partial charge in [0.25, 0.3) is 0 Å². The Morgan fingerprint density at radius 3 is 2.29 bits per heavy atom. The van der Waals surface area contributed by atoms with Crippen molar-refractivity contribution in [3.05, 3.63) is 79.0 Å². The molecule has 4 heterocycles. The molecule has 1 aliphatic rings. The highest BCUT2D eigenvalue weighted by Gasteiger charge is 2.17. The molecule has 6 nitrogen and oxygen atoms in total. The lowest BCUT2D eigenvalue weighted by atomic mass is 10.0. The zero-order valence-corrected chi connectivity index (χ0v) is 18.4. The minimum absolute atomic E-state index is 0. The normalized spacial score (nSPS) is 13.1. The number of hydrogen-bond acceptors (Lipinski definition) is 5. The van der Waals surface area contributed by atoms with Crippen molar-refractivity contribution in [1.29, 1.82) is 0 Å². The number of halogens is 2. The molecule has 34 heavy (non-hydrogen) atoms. The van der Waals surface area contributed by atoms with E-state index < -0.39 is 0 Å². The number of aromatic nitrogens is 4. The highest BCUT2D eigenvalue weighted by molar-refractivity contribution is 5.95. The number of fused-ring (bicyclic) bond motifs is 1. The largest absolute Gasteiger partial charge is 0.438 e. The number of nitrogens with one attached hydrogen (secondary N) is 1. The number of nitrogens with zero attached hydrogens (tertiary/aromatic N) is 3. The molecule has 1 aliphatic heterocycles. The smallest absolute Gasteiger partial charge is 0.230 e. The van der Waals surface area contributed by atoms with Gasteiger partial charge in [-0.1, -0.05) is 30.3 Å². The standard InChI is InChI=1S/C21H13FN4O.C5H10O.FH/c22-15-8-6-14(7-9-15)19-17(11-25-26-19)20-16-10-18(13-4-2-1-3-5-13)27-21(16)24-12-23-20;1-2-4-6-5-3-1;/h1-12H,(H,25,26);1-5H2;1H. The highest BCUT2D eigenvalue weighted by atomic mass is 19.1. The third kappa shape index (κ3) is 5.02. The zero-order valence-electron chi connectivity index (χ0n) is 18.4. The molecule has 6 rings (SSSR count). The molecule has 5 aromatic rings. The molecule has 0 atom stereocenters. The molecule has 1 N–H and O–H groups in total. The summed E-state index contributed by atoms with van der Waals surface area (Å²) in [4.78, 5) is 8.71. The van der Waals surface area contributed by atoms with Crippen molar-refractivity contribution in [3.8, 4) is 33.8 Å². The van der Waals surface area contributed by atoms with Crippen LogP contribution in [0.1, 0.15) is 19.3 Å². The third-order valence-electron chi connectivity index (χ3n) is 5.49. The van der Waals surface area contributed by atoms with Crippen molar-refractivity contribution in [2.45, 2.75) is 19.3 Å². The Labute approximate surface area is 195 Å². The molecule has 1 saturated heterocycles. The van der Waals surface area contributed by atoms with E-state index in [1.165, 1.54) is 37.7 Å². The lowest BCUT2D eigenvalue weighted by Crippen LogP contribution is -2.03. The molecular formula is C26H24F2N4O2. The molecule has 0 bridgehead atoms. The zero-order chi connectivity index (χ0) is 22.5. The molecule has 8 heteroatoms. The van der Waals surface area contributed by atoms with Crippen LogP contribution in [-0.2, 0) is 4.74 Å². The van der Waals surface area contributed by atoms with Crippen LogP contribution in [0.4, 0.5) is 9.09 Å². The van der Waals surface area contributed by atoms with Gasteiger partial charge in [-0.05, 0) is 49.6 Å². The van der Waals surface area contributed by atoms with Crippen LogP contribution in [0.5, 0.6) is 0 Å². The van der Waals surface area contributed by atoms with Crippen LogP contribution in [0.15, 0.2) is 77.6 Å². The van der Waals surface area contributed by atoms with Crippen molar-refractivity contribution in [2.24, 2.45) is 0 Å². The summed E-state index contributed by atoms with van der Waals surface area (Å²) in [5.74, 6) is 0.436. The quantitative estimate of drug-likeness (QED) is 0.335. The van der Waals surface area contributed by atoms with Crippen molar-refractivity contribution in [3.63, 3.8) is 0 Å². The summed E-state index contributed by atoms with van der Waals surface area (Å²) in [6.07, 6.45) is 7.10. The van der Waals surface area contributed by atoms with E-state index in [-0.39, 0.29) is 10.5 Å². The number of H-pyrrole nitrogens is 1. The van der Waals surface area contributed by atoms with Gasteiger partial charge in [0.15, 0.2) is 0 Å². The van der Waals surface area contributed by atoms with Crippen LogP contribution in [0.25, 0.3) is 44.9 Å². The number of benzene rings is 2. The van der Waals surface area contributed by atoms with Crippen LogP contribution < -0.4 is 0 Å². The average Bonchev–Trinajstić information content (AvgIpc) is 3.54. The van der Waals surface area contributed by atoms with E-state index in [0.29, 0.717) is 11.4 Å². The van der Waals surface area contributed by atoms with Gasteiger partial charge in [0.05, 0.1) is 23.0 Å². The first-order valence-electron chi connectivity index (χ1n) is 11.0. The van der Waals surface area contributed by atoms with Gasteiger partial charge >= 0.3 is 0 Å². The van der Waals surface area contributed by atoms with Gasteiger partial charge in [0, 0.05) is 29.9 Å². The summed E-state index contributed by atoms with van der Waals surface area (Å²) in [6, 6.07) is 18.0. The fraction of sp³-hybridized carbons (Fsp3) is 0.192. The van der Waals surface area contributed by atoms with E-state index in [1.54, 1.807) is 18.3 Å². The van der Waals surface area contributed by atoms with Gasteiger partial charge in [-0.15, -0.1) is 0 Å². The third-order valence-corrected chi connectivity index (χ3v) is 5.49. The van der Waals surface area contributed by atoms with E-state index in [0.717, 1.165) is 46.7 Å². The van der Waals surface area contributed by atoms with Gasteiger partial charge in [-0.2, -0.15) is 5.10 Å². The summed E-state index contributed by atoms with van der Waals surface area (Å²) in [7, 11) is 0. The Balaban J connectivity index is 0.000000344. The number of hydrogen-bond donors (Lipinski definition) is 1. The second-order valence-electron chi connectivity index (χ2n) is 7.76. The van der Waals surface area contributed by atoms with Crippen molar-refractivity contribution in [1.82, 2.24) is 20.2 Å². The monoisotopic (exact) mass is 462 g/mol. The van der Waals surface area contributed by atoms with E-state index in [9.17, 15) is 4.39 Å². The number of furan rings is 1. The predicted octanol–water partition coefficient (Wildman–Crippen LogP) is 6.43. The Morgan fingerprint density at radius 2 is 1.62 bits per heavy atom. The molecule has 0 spiro atoms. The molecule has 0 radical (unpaired) electrons. The molecule has 174 valence electrons. The van der Waals surface area contributed by atoms with Gasteiger partial charge in [-0.3, -0.25) is 9.80 Å². The van der Waals surface area contributed by atoms with Crippen LogP contribution in [0.3, 0.4) is 0 Å². The van der Waals surface area contributed by atoms with Crippen molar-refractivity contribution >= 4 is 11.1 Å². The molecule has 1 fully saturated rings. The Bertz CT molecular complexity index is 1320. The Morgan fingerprint density at radius 1 is 0.853 bits per heavy atom. The second kappa shape index (κ2) is 10.8. The molecule has 2 aromatic carbocycles. The molecule has 0 saturated carbocycles. The lowest BCUT2D eigenvalue weighted by Gasteiger charge is -2.08. The molecule has 0 amide bonds. The maximum atomic E-state index is 13.3. The van der Waals surface area contributed by atoms with Crippen LogP contribution >= 0.6 is 0 Å². The first-order chi connectivity index (χ1) is 16.3. The molecule has 0 aliphatic carbocycles. The number of ether oxygens (including phenoxy) is 1. The summed E-state index contributed by atoms with van der Waals surface area (Å²) in [5, 5.41) is 7.93. The number of aromatic amines is 1. The van der Waals surface area contributed by atoms with Crippen LogP contribution in [0, 0.1) is 5.82 Å². The fourth-order valence-electron chi connectivity index (χ4n) is 3.80. The van der Waals surface area contributed by atoms with E-state index in [2.05, 4.69) is 20.2 Å². The fourth-order valence-corrected chi connectivity index (χ4v) is 3.80.